The van der Waals surface area contributed by atoms with Crippen molar-refractivity contribution in [1.29, 1.82) is 0 Å². The van der Waals surface area contributed by atoms with Gasteiger partial charge in [0.2, 0.25) is 0 Å². The van der Waals surface area contributed by atoms with Crippen molar-refractivity contribution in [2.24, 2.45) is 0 Å². The predicted molar refractivity (Wildman–Crippen MR) is 88.7 cm³/mol. The van der Waals surface area contributed by atoms with Gasteiger partial charge in [0.15, 0.2) is 0 Å². The van der Waals surface area contributed by atoms with E-state index in [9.17, 15) is 0 Å². The molecule has 0 saturated carbocycles. The molecule has 0 bridgehead atoms. The largest absolute Gasteiger partial charge is 0.379 e. The highest BCUT2D eigenvalue weighted by atomic mass is 16.5. The Morgan fingerprint density at radius 2 is 1.90 bits per heavy atom. The van der Waals surface area contributed by atoms with Gasteiger partial charge in [0, 0.05) is 18.7 Å². The van der Waals surface area contributed by atoms with Crippen LogP contribution in [0.1, 0.15) is 51.3 Å². The number of ether oxygens (including phenoxy) is 2. The quantitative estimate of drug-likeness (QED) is 0.701. The smallest absolute Gasteiger partial charge is 0.0950 e. The summed E-state index contributed by atoms with van der Waals surface area (Å²) >= 11 is 0. The first-order valence-electron chi connectivity index (χ1n) is 7.93. The van der Waals surface area contributed by atoms with Crippen molar-refractivity contribution < 1.29 is 9.47 Å². The van der Waals surface area contributed by atoms with Gasteiger partial charge in [0.05, 0.1) is 19.3 Å². The molecule has 1 unspecified atom stereocenters. The summed E-state index contributed by atoms with van der Waals surface area (Å²) < 4.78 is 11.5. The van der Waals surface area contributed by atoms with Crippen LogP contribution in [0.15, 0.2) is 24.3 Å². The van der Waals surface area contributed by atoms with Gasteiger partial charge in [-0.2, -0.15) is 0 Å². The number of hydrogen-bond donors (Lipinski definition) is 1. The maximum absolute atomic E-state index is 6.04. The third kappa shape index (κ3) is 8.20. The topological polar surface area (TPSA) is 30.5 Å². The molecule has 0 aromatic heterocycles. The molecule has 21 heavy (non-hydrogen) atoms. The van der Waals surface area contributed by atoms with Crippen LogP contribution in [0, 0.1) is 6.92 Å². The van der Waals surface area contributed by atoms with Crippen LogP contribution in [-0.2, 0) is 9.47 Å². The zero-order valence-electron chi connectivity index (χ0n) is 14.2. The monoisotopic (exact) mass is 293 g/mol. The molecule has 0 spiro atoms. The van der Waals surface area contributed by atoms with E-state index in [-0.39, 0.29) is 11.6 Å². The molecular weight excluding hydrogens is 262 g/mol. The molecule has 0 amide bonds. The van der Waals surface area contributed by atoms with Crippen LogP contribution in [-0.4, -0.2) is 31.9 Å². The van der Waals surface area contributed by atoms with Crippen molar-refractivity contribution in [2.45, 2.75) is 52.7 Å². The minimum atomic E-state index is 0.0642. The summed E-state index contributed by atoms with van der Waals surface area (Å²) in [7, 11) is 0. The van der Waals surface area contributed by atoms with Crippen LogP contribution < -0.4 is 5.32 Å². The van der Waals surface area contributed by atoms with E-state index in [1.165, 1.54) is 11.1 Å². The van der Waals surface area contributed by atoms with Crippen molar-refractivity contribution >= 4 is 0 Å². The summed E-state index contributed by atoms with van der Waals surface area (Å²) in [5, 5.41) is 3.53. The second-order valence-corrected chi connectivity index (χ2v) is 6.52. The molecule has 0 heterocycles. The van der Waals surface area contributed by atoms with Crippen LogP contribution in [0.4, 0.5) is 0 Å². The molecule has 1 N–H and O–H groups in total. The van der Waals surface area contributed by atoms with Gasteiger partial charge in [-0.15, -0.1) is 0 Å². The summed E-state index contributed by atoms with van der Waals surface area (Å²) in [5.41, 5.74) is 2.57. The molecule has 1 atom stereocenters. The summed E-state index contributed by atoms with van der Waals surface area (Å²) in [6, 6.07) is 8.53. The lowest BCUT2D eigenvalue weighted by atomic mass is 10.0. The molecule has 0 aliphatic heterocycles. The molecule has 1 rings (SSSR count). The van der Waals surface area contributed by atoms with Crippen LogP contribution in [0.5, 0.6) is 0 Å². The van der Waals surface area contributed by atoms with E-state index in [2.05, 4.69) is 64.2 Å². The average Bonchev–Trinajstić information content (AvgIpc) is 2.40. The zero-order chi connectivity index (χ0) is 15.7. The summed E-state index contributed by atoms with van der Waals surface area (Å²) in [5.74, 6) is 0. The number of rotatable bonds is 9. The van der Waals surface area contributed by atoms with Crippen molar-refractivity contribution in [3.63, 3.8) is 0 Å². The minimum absolute atomic E-state index is 0.0642. The Labute approximate surface area is 130 Å². The fraction of sp³-hybridized carbons (Fsp3) is 0.667. The highest BCUT2D eigenvalue weighted by Crippen LogP contribution is 2.19. The Morgan fingerprint density at radius 3 is 2.52 bits per heavy atom. The maximum Gasteiger partial charge on any atom is 0.0950 e. The number of aryl methyl sites for hydroxylation is 1. The second kappa shape index (κ2) is 9.19. The zero-order valence-corrected chi connectivity index (χ0v) is 14.2. The first-order valence-corrected chi connectivity index (χ1v) is 7.93. The highest BCUT2D eigenvalue weighted by molar-refractivity contribution is 5.24. The normalized spacial score (nSPS) is 13.4. The van der Waals surface area contributed by atoms with Crippen molar-refractivity contribution in [1.82, 2.24) is 5.32 Å². The predicted octanol–water partition coefficient (Wildman–Crippen LogP) is 3.87. The Bertz CT molecular complexity index is 398. The van der Waals surface area contributed by atoms with Crippen molar-refractivity contribution in [3.8, 4) is 0 Å². The van der Waals surface area contributed by atoms with E-state index < -0.39 is 0 Å². The lowest BCUT2D eigenvalue weighted by molar-refractivity contribution is 0.00206. The molecule has 0 radical (unpaired) electrons. The molecular formula is C18H31NO2. The van der Waals surface area contributed by atoms with E-state index in [0.29, 0.717) is 13.2 Å². The summed E-state index contributed by atoms with van der Waals surface area (Å²) in [6.07, 6.45) is 1.11. The van der Waals surface area contributed by atoms with E-state index in [4.69, 9.17) is 9.47 Å². The highest BCUT2D eigenvalue weighted by Gasteiger charge is 2.16. The van der Waals surface area contributed by atoms with Crippen molar-refractivity contribution in [2.75, 3.05) is 26.4 Å². The van der Waals surface area contributed by atoms with Gasteiger partial charge in [-0.25, -0.2) is 0 Å². The molecule has 1 aromatic rings. The second-order valence-electron chi connectivity index (χ2n) is 6.52. The molecule has 0 fully saturated rings. The first-order chi connectivity index (χ1) is 9.92. The standard InChI is InChI=1S/C18H31NO2/c1-6-10-20-11-12-21-17(14-19-18(3,4)5)16-9-7-8-15(2)13-16/h7-9,13,17,19H,6,10-12,14H2,1-5H3. The van der Waals surface area contributed by atoms with Crippen LogP contribution >= 0.6 is 0 Å². The minimum Gasteiger partial charge on any atom is -0.379 e. The lowest BCUT2D eigenvalue weighted by Crippen LogP contribution is -2.39. The van der Waals surface area contributed by atoms with Gasteiger partial charge >= 0.3 is 0 Å². The van der Waals surface area contributed by atoms with E-state index in [1.807, 2.05) is 0 Å². The molecule has 0 saturated heterocycles. The lowest BCUT2D eigenvalue weighted by Gasteiger charge is -2.26. The molecule has 120 valence electrons. The fourth-order valence-electron chi connectivity index (χ4n) is 2.04. The van der Waals surface area contributed by atoms with Crippen LogP contribution in [0.3, 0.4) is 0 Å². The van der Waals surface area contributed by atoms with Gasteiger partial charge in [0.25, 0.3) is 0 Å². The van der Waals surface area contributed by atoms with E-state index in [0.717, 1.165) is 19.6 Å². The molecule has 0 aliphatic carbocycles. The van der Waals surface area contributed by atoms with Crippen molar-refractivity contribution in [3.05, 3.63) is 35.4 Å². The maximum atomic E-state index is 6.04. The SMILES string of the molecule is CCCOCCOC(CNC(C)(C)C)c1cccc(C)c1. The van der Waals surface area contributed by atoms with Gasteiger partial charge < -0.3 is 14.8 Å². The molecule has 3 nitrogen and oxygen atoms in total. The third-order valence-electron chi connectivity index (χ3n) is 3.13. The van der Waals surface area contributed by atoms with E-state index in [1.54, 1.807) is 0 Å². The van der Waals surface area contributed by atoms with Crippen LogP contribution in [0.25, 0.3) is 0 Å². The van der Waals surface area contributed by atoms with Gasteiger partial charge in [0.1, 0.15) is 0 Å². The Kier molecular flexibility index (Phi) is 7.94. The Hall–Kier alpha value is -0.900. The fourth-order valence-corrected chi connectivity index (χ4v) is 2.04. The van der Waals surface area contributed by atoms with Crippen LogP contribution in [0.2, 0.25) is 0 Å². The van der Waals surface area contributed by atoms with E-state index >= 15 is 0 Å². The molecule has 1 aromatic carbocycles. The van der Waals surface area contributed by atoms with Gasteiger partial charge in [-0.1, -0.05) is 36.8 Å². The molecule has 0 aliphatic rings. The Morgan fingerprint density at radius 1 is 1.14 bits per heavy atom. The number of nitrogens with one attached hydrogen (secondary N) is 1. The third-order valence-corrected chi connectivity index (χ3v) is 3.13. The number of hydrogen-bond acceptors (Lipinski definition) is 3. The summed E-state index contributed by atoms with van der Waals surface area (Å²) in [4.78, 5) is 0. The first kappa shape index (κ1) is 18.1. The Balaban J connectivity index is 2.57. The molecule has 3 heteroatoms. The average molecular weight is 293 g/mol. The summed E-state index contributed by atoms with van der Waals surface area (Å²) in [6.45, 7) is 13.6. The number of benzene rings is 1. The van der Waals surface area contributed by atoms with Gasteiger partial charge in [-0.3, -0.25) is 0 Å². The van der Waals surface area contributed by atoms with Gasteiger partial charge in [-0.05, 0) is 39.7 Å².